The first kappa shape index (κ1) is 16.0. The Kier molecular flexibility index (Phi) is 5.30. The molecule has 1 N–H and O–H groups in total. The first-order valence-electron chi connectivity index (χ1n) is 7.79. The van der Waals surface area contributed by atoms with Gasteiger partial charge in [0.1, 0.15) is 0 Å². The van der Waals surface area contributed by atoms with Crippen LogP contribution in [0.5, 0.6) is 0 Å². The summed E-state index contributed by atoms with van der Waals surface area (Å²) in [6, 6.07) is 29.0. The predicted octanol–water partition coefficient (Wildman–Crippen LogP) is 4.23. The van der Waals surface area contributed by atoms with E-state index in [-0.39, 0.29) is 19.8 Å². The van der Waals surface area contributed by atoms with Crippen LogP contribution in [-0.2, 0) is 0 Å². The fourth-order valence-corrected chi connectivity index (χ4v) is 4.71. The van der Waals surface area contributed by atoms with Crippen LogP contribution in [0.3, 0.4) is 0 Å². The zero-order chi connectivity index (χ0) is 16.1. The van der Waals surface area contributed by atoms with Gasteiger partial charge in [0.25, 0.3) is 0 Å². The van der Waals surface area contributed by atoms with Gasteiger partial charge in [0, 0.05) is 0 Å². The van der Waals surface area contributed by atoms with E-state index < -0.39 is 6.10 Å². The fourth-order valence-electron chi connectivity index (χ4n) is 2.55. The molecule has 3 aromatic carbocycles. The Morgan fingerprint density at radius 3 is 1.83 bits per heavy atom. The van der Waals surface area contributed by atoms with Crippen LogP contribution >= 0.6 is 0 Å². The average Bonchev–Trinajstić information content (AvgIpc) is 2.63. The molecule has 0 fully saturated rings. The summed E-state index contributed by atoms with van der Waals surface area (Å²) in [6.45, 7) is 2.13. The second-order valence-corrected chi connectivity index (χ2v) is 8.61. The minimum atomic E-state index is -0.417. The molecule has 0 saturated heterocycles. The second-order valence-electron chi connectivity index (χ2n) is 5.57. The molecule has 3 rings (SSSR count). The average molecular weight is 367 g/mol. The van der Waals surface area contributed by atoms with Crippen molar-refractivity contribution in [2.24, 2.45) is 0 Å². The van der Waals surface area contributed by atoms with Gasteiger partial charge in [-0.3, -0.25) is 0 Å². The van der Waals surface area contributed by atoms with Gasteiger partial charge in [-0.1, -0.05) is 0 Å². The molecule has 0 spiro atoms. The Hall–Kier alpha value is -1.86. The predicted molar refractivity (Wildman–Crippen MR) is 98.1 cm³/mol. The molecule has 2 atom stereocenters. The van der Waals surface area contributed by atoms with E-state index in [1.165, 1.54) is 15.6 Å². The molecular formula is C21H20OSe. The van der Waals surface area contributed by atoms with Crippen LogP contribution in [0.4, 0.5) is 0 Å². The number of aliphatic hydroxyl groups is 1. The molecule has 2 heteroatoms. The Labute approximate surface area is 144 Å². The Morgan fingerprint density at radius 2 is 1.22 bits per heavy atom. The SMILES string of the molecule is C[C@H]([Se]c1ccccc1)[C@@H](O)c1ccc(-c2ccccc2)cc1. The van der Waals surface area contributed by atoms with Crippen molar-refractivity contribution in [3.63, 3.8) is 0 Å². The molecule has 0 amide bonds. The molecule has 0 radical (unpaired) electrons. The van der Waals surface area contributed by atoms with Crippen molar-refractivity contribution in [2.45, 2.75) is 17.8 Å². The zero-order valence-electron chi connectivity index (χ0n) is 13.1. The van der Waals surface area contributed by atoms with Gasteiger partial charge in [0.2, 0.25) is 0 Å². The van der Waals surface area contributed by atoms with Gasteiger partial charge in [-0.2, -0.15) is 0 Å². The minimum absolute atomic E-state index is 0.243. The summed E-state index contributed by atoms with van der Waals surface area (Å²) < 4.78 is 1.33. The van der Waals surface area contributed by atoms with E-state index in [4.69, 9.17) is 0 Å². The molecule has 3 aromatic rings. The topological polar surface area (TPSA) is 20.2 Å². The van der Waals surface area contributed by atoms with E-state index in [2.05, 4.69) is 55.5 Å². The van der Waals surface area contributed by atoms with Gasteiger partial charge in [-0.05, 0) is 0 Å². The van der Waals surface area contributed by atoms with E-state index >= 15 is 0 Å². The van der Waals surface area contributed by atoms with E-state index in [1.807, 2.05) is 36.4 Å². The van der Waals surface area contributed by atoms with Crippen molar-refractivity contribution >= 4 is 19.4 Å². The van der Waals surface area contributed by atoms with Crippen LogP contribution in [0.2, 0.25) is 4.82 Å². The van der Waals surface area contributed by atoms with Crippen LogP contribution in [0.15, 0.2) is 84.9 Å². The third kappa shape index (κ3) is 4.11. The third-order valence-electron chi connectivity index (χ3n) is 3.87. The van der Waals surface area contributed by atoms with Crippen molar-refractivity contribution in [2.75, 3.05) is 0 Å². The summed E-state index contributed by atoms with van der Waals surface area (Å²) in [5.74, 6) is 0. The van der Waals surface area contributed by atoms with Crippen molar-refractivity contribution in [3.05, 3.63) is 90.5 Å². The Morgan fingerprint density at radius 1 is 0.696 bits per heavy atom. The van der Waals surface area contributed by atoms with Crippen molar-refractivity contribution in [1.29, 1.82) is 0 Å². The van der Waals surface area contributed by atoms with Gasteiger partial charge < -0.3 is 0 Å². The summed E-state index contributed by atoms with van der Waals surface area (Å²) in [7, 11) is 0. The van der Waals surface area contributed by atoms with Gasteiger partial charge in [0.05, 0.1) is 0 Å². The molecule has 23 heavy (non-hydrogen) atoms. The van der Waals surface area contributed by atoms with Crippen LogP contribution < -0.4 is 4.46 Å². The number of benzene rings is 3. The molecule has 0 aliphatic carbocycles. The van der Waals surface area contributed by atoms with E-state index in [0.717, 1.165) is 5.56 Å². The molecule has 0 aliphatic heterocycles. The van der Waals surface area contributed by atoms with Crippen molar-refractivity contribution in [1.82, 2.24) is 0 Å². The first-order chi connectivity index (χ1) is 11.2. The Balaban J connectivity index is 1.71. The standard InChI is InChI=1S/C21H20OSe/c1-16(23-20-10-6-3-7-11-20)21(22)19-14-12-18(13-15-19)17-8-4-2-5-9-17/h2-16,21-22H,1H3/t16-,21+/m0/s1. The normalized spacial score (nSPS) is 13.5. The molecule has 0 heterocycles. The van der Waals surface area contributed by atoms with Gasteiger partial charge in [-0.15, -0.1) is 0 Å². The first-order valence-corrected chi connectivity index (χ1v) is 9.64. The summed E-state index contributed by atoms with van der Waals surface area (Å²) in [4.78, 5) is 0.243. The molecule has 0 unspecified atom stereocenters. The van der Waals surface area contributed by atoms with E-state index in [1.54, 1.807) is 0 Å². The fraction of sp³-hybridized carbons (Fsp3) is 0.143. The molecule has 0 saturated carbocycles. The van der Waals surface area contributed by atoms with Crippen LogP contribution in [0, 0.1) is 0 Å². The molecule has 116 valence electrons. The van der Waals surface area contributed by atoms with E-state index in [0.29, 0.717) is 0 Å². The third-order valence-corrected chi connectivity index (χ3v) is 6.33. The molecule has 1 nitrogen and oxygen atoms in total. The molecular weight excluding hydrogens is 347 g/mol. The molecule has 0 bridgehead atoms. The maximum atomic E-state index is 10.6. The monoisotopic (exact) mass is 368 g/mol. The van der Waals surface area contributed by atoms with Gasteiger partial charge in [-0.25, -0.2) is 0 Å². The van der Waals surface area contributed by atoms with Crippen LogP contribution in [-0.4, -0.2) is 20.1 Å². The number of aliphatic hydroxyl groups excluding tert-OH is 1. The Bertz CT molecular complexity index is 723. The van der Waals surface area contributed by atoms with E-state index in [9.17, 15) is 5.11 Å². The number of hydrogen-bond donors (Lipinski definition) is 1. The number of rotatable bonds is 5. The zero-order valence-corrected chi connectivity index (χ0v) is 14.8. The van der Waals surface area contributed by atoms with Gasteiger partial charge in [0.15, 0.2) is 0 Å². The summed E-state index contributed by atoms with van der Waals surface area (Å²) in [5.41, 5.74) is 3.38. The van der Waals surface area contributed by atoms with Gasteiger partial charge >= 0.3 is 144 Å². The molecule has 0 aromatic heterocycles. The van der Waals surface area contributed by atoms with Crippen molar-refractivity contribution < 1.29 is 5.11 Å². The summed E-state index contributed by atoms with van der Waals surface area (Å²) in [5, 5.41) is 10.6. The van der Waals surface area contributed by atoms with Crippen LogP contribution in [0.25, 0.3) is 11.1 Å². The quantitative estimate of drug-likeness (QED) is 0.670. The number of hydrogen-bond acceptors (Lipinski definition) is 1. The van der Waals surface area contributed by atoms with Crippen LogP contribution in [0.1, 0.15) is 18.6 Å². The summed E-state index contributed by atoms with van der Waals surface area (Å²) in [6.07, 6.45) is -0.417. The summed E-state index contributed by atoms with van der Waals surface area (Å²) >= 11 is 0.263. The maximum absolute atomic E-state index is 10.6. The molecule has 0 aliphatic rings. The van der Waals surface area contributed by atoms with Crippen molar-refractivity contribution in [3.8, 4) is 11.1 Å². The second kappa shape index (κ2) is 7.61.